The summed E-state index contributed by atoms with van der Waals surface area (Å²) >= 11 is 0. The van der Waals surface area contributed by atoms with Crippen molar-refractivity contribution < 1.29 is 9.47 Å². The summed E-state index contributed by atoms with van der Waals surface area (Å²) in [5.74, 6) is 1.53. The highest BCUT2D eigenvalue weighted by atomic mass is 16.5. The van der Waals surface area contributed by atoms with Gasteiger partial charge in [-0.3, -0.25) is 4.98 Å². The average Bonchev–Trinajstić information content (AvgIpc) is 2.37. The van der Waals surface area contributed by atoms with E-state index in [1.54, 1.807) is 14.2 Å². The number of pyridine rings is 1. The molecular formula is C14H18N2O2. The van der Waals surface area contributed by atoms with Crippen molar-refractivity contribution in [3.05, 3.63) is 29.5 Å². The number of aromatic nitrogens is 1. The van der Waals surface area contributed by atoms with Crippen LogP contribution < -0.4 is 15.2 Å². The van der Waals surface area contributed by atoms with E-state index in [0.717, 1.165) is 40.1 Å². The van der Waals surface area contributed by atoms with Crippen LogP contribution in [0, 0.1) is 6.92 Å². The van der Waals surface area contributed by atoms with Crippen LogP contribution >= 0.6 is 0 Å². The second kappa shape index (κ2) is 5.23. The van der Waals surface area contributed by atoms with Crippen LogP contribution in [-0.2, 0) is 6.42 Å². The van der Waals surface area contributed by atoms with Gasteiger partial charge in [0.25, 0.3) is 0 Å². The van der Waals surface area contributed by atoms with E-state index in [2.05, 4.69) is 18.0 Å². The summed E-state index contributed by atoms with van der Waals surface area (Å²) in [6, 6.07) is 5.86. The number of aryl methyl sites for hydroxylation is 1. The SMILES string of the molecule is COc1cc(OC)c2c(C)cc(CCN)nc2c1. The van der Waals surface area contributed by atoms with E-state index >= 15 is 0 Å². The quantitative estimate of drug-likeness (QED) is 0.897. The lowest BCUT2D eigenvalue weighted by Crippen LogP contribution is -2.05. The fourth-order valence-electron chi connectivity index (χ4n) is 2.12. The standard InChI is InChI=1S/C14H18N2O2/c1-9-6-10(4-5-15)16-12-7-11(17-2)8-13(18-3)14(9)12/h6-8H,4-5,15H2,1-3H3. The number of nitrogens with two attached hydrogens (primary N) is 1. The summed E-state index contributed by atoms with van der Waals surface area (Å²) < 4.78 is 10.7. The van der Waals surface area contributed by atoms with Gasteiger partial charge in [-0.25, -0.2) is 0 Å². The number of ether oxygens (including phenoxy) is 2. The molecular weight excluding hydrogens is 228 g/mol. The van der Waals surface area contributed by atoms with E-state index in [0.29, 0.717) is 6.54 Å². The summed E-state index contributed by atoms with van der Waals surface area (Å²) in [6.45, 7) is 2.65. The van der Waals surface area contributed by atoms with Crippen LogP contribution in [0.5, 0.6) is 11.5 Å². The molecule has 18 heavy (non-hydrogen) atoms. The van der Waals surface area contributed by atoms with Crippen LogP contribution in [0.15, 0.2) is 18.2 Å². The monoisotopic (exact) mass is 246 g/mol. The van der Waals surface area contributed by atoms with Gasteiger partial charge in [-0.2, -0.15) is 0 Å². The van der Waals surface area contributed by atoms with Gasteiger partial charge in [-0.05, 0) is 25.1 Å². The molecule has 0 spiro atoms. The molecule has 0 aliphatic heterocycles. The van der Waals surface area contributed by atoms with E-state index in [4.69, 9.17) is 15.2 Å². The fraction of sp³-hybridized carbons (Fsp3) is 0.357. The number of benzene rings is 1. The zero-order chi connectivity index (χ0) is 13.1. The predicted octanol–water partition coefficient (Wildman–Crippen LogP) is 2.06. The Bertz CT molecular complexity index is 567. The first kappa shape index (κ1) is 12.6. The smallest absolute Gasteiger partial charge is 0.132 e. The van der Waals surface area contributed by atoms with E-state index in [1.165, 1.54) is 0 Å². The summed E-state index contributed by atoms with van der Waals surface area (Å²) in [5.41, 5.74) is 8.60. The van der Waals surface area contributed by atoms with Crippen molar-refractivity contribution in [1.82, 2.24) is 4.98 Å². The van der Waals surface area contributed by atoms with E-state index in [9.17, 15) is 0 Å². The predicted molar refractivity (Wildman–Crippen MR) is 72.3 cm³/mol. The molecule has 1 heterocycles. The molecule has 0 amide bonds. The Hall–Kier alpha value is -1.81. The number of hydrogen-bond acceptors (Lipinski definition) is 4. The second-order valence-electron chi connectivity index (χ2n) is 4.19. The minimum Gasteiger partial charge on any atom is -0.497 e. The average molecular weight is 246 g/mol. The summed E-state index contributed by atoms with van der Waals surface area (Å²) in [4.78, 5) is 4.60. The topological polar surface area (TPSA) is 57.4 Å². The van der Waals surface area contributed by atoms with E-state index < -0.39 is 0 Å². The molecule has 2 N–H and O–H groups in total. The Morgan fingerprint density at radius 1 is 1.17 bits per heavy atom. The Balaban J connectivity index is 2.70. The zero-order valence-corrected chi connectivity index (χ0v) is 11.0. The maximum Gasteiger partial charge on any atom is 0.132 e. The van der Waals surface area contributed by atoms with Crippen molar-refractivity contribution in [2.75, 3.05) is 20.8 Å². The van der Waals surface area contributed by atoms with Gasteiger partial charge < -0.3 is 15.2 Å². The first-order chi connectivity index (χ1) is 8.69. The first-order valence-corrected chi connectivity index (χ1v) is 5.92. The molecule has 0 atom stereocenters. The van der Waals surface area contributed by atoms with Crippen molar-refractivity contribution in [3.63, 3.8) is 0 Å². The van der Waals surface area contributed by atoms with Crippen LogP contribution in [-0.4, -0.2) is 25.7 Å². The van der Waals surface area contributed by atoms with Crippen molar-refractivity contribution in [1.29, 1.82) is 0 Å². The van der Waals surface area contributed by atoms with Crippen LogP contribution in [0.2, 0.25) is 0 Å². The molecule has 0 bridgehead atoms. The molecule has 0 saturated heterocycles. The number of fused-ring (bicyclic) bond motifs is 1. The minimum absolute atomic E-state index is 0.596. The molecule has 0 aliphatic carbocycles. The molecule has 4 nitrogen and oxygen atoms in total. The lowest BCUT2D eigenvalue weighted by Gasteiger charge is -2.12. The maximum absolute atomic E-state index is 5.58. The molecule has 0 radical (unpaired) electrons. The summed E-state index contributed by atoms with van der Waals surface area (Å²) in [6.07, 6.45) is 0.774. The molecule has 0 aliphatic rings. The molecule has 0 fully saturated rings. The van der Waals surface area contributed by atoms with Crippen LogP contribution in [0.4, 0.5) is 0 Å². The zero-order valence-electron chi connectivity index (χ0n) is 11.0. The lowest BCUT2D eigenvalue weighted by atomic mass is 10.1. The third-order valence-electron chi connectivity index (χ3n) is 2.95. The molecule has 96 valence electrons. The highest BCUT2D eigenvalue weighted by molar-refractivity contribution is 5.89. The normalized spacial score (nSPS) is 10.7. The van der Waals surface area contributed by atoms with Gasteiger partial charge in [0.1, 0.15) is 11.5 Å². The molecule has 1 aromatic heterocycles. The number of methoxy groups -OCH3 is 2. The number of hydrogen-bond donors (Lipinski definition) is 1. The molecule has 2 aromatic rings. The molecule has 1 aromatic carbocycles. The largest absolute Gasteiger partial charge is 0.497 e. The number of rotatable bonds is 4. The second-order valence-corrected chi connectivity index (χ2v) is 4.19. The van der Waals surface area contributed by atoms with Gasteiger partial charge in [0.05, 0.1) is 19.7 Å². The van der Waals surface area contributed by atoms with E-state index in [1.807, 2.05) is 12.1 Å². The van der Waals surface area contributed by atoms with Crippen molar-refractivity contribution in [2.24, 2.45) is 5.73 Å². The van der Waals surface area contributed by atoms with Crippen LogP contribution in [0.1, 0.15) is 11.3 Å². The van der Waals surface area contributed by atoms with Crippen LogP contribution in [0.3, 0.4) is 0 Å². The summed E-state index contributed by atoms with van der Waals surface area (Å²) in [5, 5.41) is 1.03. The lowest BCUT2D eigenvalue weighted by molar-refractivity contribution is 0.397. The number of nitrogens with zero attached hydrogens (tertiary/aromatic N) is 1. The van der Waals surface area contributed by atoms with Gasteiger partial charge in [0.2, 0.25) is 0 Å². The minimum atomic E-state index is 0.596. The molecule has 0 saturated carbocycles. The fourth-order valence-corrected chi connectivity index (χ4v) is 2.12. The molecule has 4 heteroatoms. The Labute approximate surface area is 107 Å². The van der Waals surface area contributed by atoms with Crippen molar-refractivity contribution in [2.45, 2.75) is 13.3 Å². The van der Waals surface area contributed by atoms with Crippen molar-refractivity contribution >= 4 is 10.9 Å². The molecule has 0 unspecified atom stereocenters. The molecule has 2 rings (SSSR count). The van der Waals surface area contributed by atoms with Crippen molar-refractivity contribution in [3.8, 4) is 11.5 Å². The Morgan fingerprint density at radius 3 is 2.56 bits per heavy atom. The maximum atomic E-state index is 5.58. The van der Waals surface area contributed by atoms with Gasteiger partial charge in [-0.15, -0.1) is 0 Å². The first-order valence-electron chi connectivity index (χ1n) is 5.92. The van der Waals surface area contributed by atoms with Gasteiger partial charge in [0, 0.05) is 29.6 Å². The third-order valence-corrected chi connectivity index (χ3v) is 2.95. The highest BCUT2D eigenvalue weighted by Crippen LogP contribution is 2.32. The highest BCUT2D eigenvalue weighted by Gasteiger charge is 2.10. The Kier molecular flexibility index (Phi) is 3.67. The van der Waals surface area contributed by atoms with Gasteiger partial charge in [-0.1, -0.05) is 0 Å². The third kappa shape index (κ3) is 2.24. The van der Waals surface area contributed by atoms with Gasteiger partial charge >= 0.3 is 0 Å². The van der Waals surface area contributed by atoms with Gasteiger partial charge in [0.15, 0.2) is 0 Å². The van der Waals surface area contributed by atoms with Crippen LogP contribution in [0.25, 0.3) is 10.9 Å². The Morgan fingerprint density at radius 2 is 1.94 bits per heavy atom. The summed E-state index contributed by atoms with van der Waals surface area (Å²) in [7, 11) is 3.29. The van der Waals surface area contributed by atoms with E-state index in [-0.39, 0.29) is 0 Å².